The summed E-state index contributed by atoms with van der Waals surface area (Å²) in [6.45, 7) is 1.79. The van der Waals surface area contributed by atoms with E-state index in [-0.39, 0.29) is 0 Å². The van der Waals surface area contributed by atoms with Crippen molar-refractivity contribution >= 4 is 11.8 Å². The van der Waals surface area contributed by atoms with Crippen molar-refractivity contribution < 1.29 is 4.52 Å². The largest absolute Gasteiger partial charge is 0.338 e. The lowest BCUT2D eigenvalue weighted by Gasteiger charge is -1.88. The van der Waals surface area contributed by atoms with Gasteiger partial charge in [0, 0.05) is 0 Å². The van der Waals surface area contributed by atoms with Crippen LogP contribution >= 0.6 is 11.8 Å². The molecule has 6 nitrogen and oxygen atoms in total. The second-order valence-electron chi connectivity index (χ2n) is 2.33. The summed E-state index contributed by atoms with van der Waals surface area (Å²) in [6, 6.07) is 0. The van der Waals surface area contributed by atoms with Crippen molar-refractivity contribution in [3.05, 3.63) is 17.9 Å². The number of nitrogens with one attached hydrogen (secondary N) is 1. The van der Waals surface area contributed by atoms with Gasteiger partial charge in [0.2, 0.25) is 5.89 Å². The number of thioether (sulfide) groups is 1. The summed E-state index contributed by atoms with van der Waals surface area (Å²) >= 11 is 1.49. The molecule has 68 valence electrons. The van der Waals surface area contributed by atoms with Crippen LogP contribution in [0.2, 0.25) is 0 Å². The Morgan fingerprint density at radius 1 is 1.62 bits per heavy atom. The van der Waals surface area contributed by atoms with Gasteiger partial charge in [-0.25, -0.2) is 0 Å². The molecule has 0 spiro atoms. The van der Waals surface area contributed by atoms with Crippen molar-refractivity contribution in [2.75, 3.05) is 0 Å². The lowest BCUT2D eigenvalue weighted by Crippen LogP contribution is -1.80. The monoisotopic (exact) mass is 197 g/mol. The van der Waals surface area contributed by atoms with Crippen LogP contribution in [0.5, 0.6) is 0 Å². The summed E-state index contributed by atoms with van der Waals surface area (Å²) in [5.41, 5.74) is 0. The molecule has 13 heavy (non-hydrogen) atoms. The van der Waals surface area contributed by atoms with Crippen LogP contribution in [0.25, 0.3) is 0 Å². The molecule has 1 N–H and O–H groups in total. The Morgan fingerprint density at radius 3 is 3.15 bits per heavy atom. The summed E-state index contributed by atoms with van der Waals surface area (Å²) < 4.78 is 4.92. The number of rotatable bonds is 3. The maximum atomic E-state index is 4.92. The van der Waals surface area contributed by atoms with Gasteiger partial charge in [-0.1, -0.05) is 16.9 Å². The summed E-state index contributed by atoms with van der Waals surface area (Å²) in [6.07, 6.45) is 1.65. The van der Waals surface area contributed by atoms with E-state index in [1.165, 1.54) is 11.8 Å². The summed E-state index contributed by atoms with van der Waals surface area (Å²) in [5.74, 6) is 1.87. The molecule has 2 aromatic rings. The van der Waals surface area contributed by atoms with E-state index in [4.69, 9.17) is 4.52 Å². The zero-order chi connectivity index (χ0) is 9.10. The Hall–Kier alpha value is -1.37. The normalized spacial score (nSPS) is 10.5. The molecule has 0 atom stereocenters. The third-order valence-corrected chi connectivity index (χ3v) is 2.19. The van der Waals surface area contributed by atoms with Gasteiger partial charge in [0.1, 0.15) is 5.03 Å². The number of hydrogen-bond acceptors (Lipinski definition) is 6. The van der Waals surface area contributed by atoms with Crippen LogP contribution in [0.4, 0.5) is 0 Å². The first-order chi connectivity index (χ1) is 6.34. The molecular weight excluding hydrogens is 190 g/mol. The third-order valence-electron chi connectivity index (χ3n) is 1.31. The highest BCUT2D eigenvalue weighted by molar-refractivity contribution is 7.98. The minimum Gasteiger partial charge on any atom is -0.338 e. The zero-order valence-electron chi connectivity index (χ0n) is 6.89. The second kappa shape index (κ2) is 3.56. The van der Waals surface area contributed by atoms with Crippen LogP contribution in [-0.2, 0) is 5.75 Å². The van der Waals surface area contributed by atoms with Crippen molar-refractivity contribution in [1.82, 2.24) is 25.6 Å². The van der Waals surface area contributed by atoms with Crippen molar-refractivity contribution in [2.24, 2.45) is 0 Å². The third kappa shape index (κ3) is 2.05. The van der Waals surface area contributed by atoms with Gasteiger partial charge >= 0.3 is 0 Å². The number of H-pyrrole nitrogens is 1. The number of nitrogens with zero attached hydrogens (tertiary/aromatic N) is 4. The highest BCUT2D eigenvalue weighted by atomic mass is 32.2. The average molecular weight is 197 g/mol. The molecule has 0 aliphatic rings. The van der Waals surface area contributed by atoms with Crippen LogP contribution in [0.15, 0.2) is 15.7 Å². The van der Waals surface area contributed by atoms with E-state index in [1.54, 1.807) is 13.1 Å². The van der Waals surface area contributed by atoms with Crippen molar-refractivity contribution in [3.8, 4) is 0 Å². The molecule has 0 aromatic carbocycles. The number of aromatic nitrogens is 5. The van der Waals surface area contributed by atoms with Gasteiger partial charge in [0.25, 0.3) is 0 Å². The Labute approximate surface area is 78.1 Å². The van der Waals surface area contributed by atoms with E-state index in [9.17, 15) is 0 Å². The smallest absolute Gasteiger partial charge is 0.237 e. The molecule has 2 rings (SSSR count). The van der Waals surface area contributed by atoms with Crippen LogP contribution < -0.4 is 0 Å². The molecule has 0 aliphatic carbocycles. The van der Waals surface area contributed by atoms with E-state index in [0.717, 1.165) is 5.03 Å². The first-order valence-electron chi connectivity index (χ1n) is 3.62. The van der Waals surface area contributed by atoms with E-state index >= 15 is 0 Å². The van der Waals surface area contributed by atoms with Gasteiger partial charge in [-0.2, -0.15) is 15.3 Å². The van der Waals surface area contributed by atoms with Gasteiger partial charge in [-0.15, -0.1) is 5.10 Å². The molecule has 0 bridgehead atoms. The highest BCUT2D eigenvalue weighted by Crippen LogP contribution is 2.17. The fourth-order valence-corrected chi connectivity index (χ4v) is 1.42. The van der Waals surface area contributed by atoms with Gasteiger partial charge in [-0.05, 0) is 6.92 Å². The standard InChI is InChI=1S/C6H7N5OS/c1-4-8-5(12-10-4)3-13-6-2-7-11-9-6/h2H,3H2,1H3,(H,7,9,11). The Bertz CT molecular complexity index is 370. The van der Waals surface area contributed by atoms with Gasteiger partial charge in [-0.3, -0.25) is 0 Å². The fourth-order valence-electron chi connectivity index (χ4n) is 0.795. The summed E-state index contributed by atoms with van der Waals surface area (Å²) in [4.78, 5) is 4.05. The van der Waals surface area contributed by atoms with Crippen LogP contribution in [0.3, 0.4) is 0 Å². The molecule has 7 heteroatoms. The van der Waals surface area contributed by atoms with Crippen molar-refractivity contribution in [2.45, 2.75) is 17.7 Å². The molecule has 0 aliphatic heterocycles. The van der Waals surface area contributed by atoms with Crippen molar-refractivity contribution in [3.63, 3.8) is 0 Å². The SMILES string of the molecule is Cc1noc(CSc2cn[nH]n2)n1. The first kappa shape index (κ1) is 8.24. The van der Waals surface area contributed by atoms with Crippen LogP contribution in [0.1, 0.15) is 11.7 Å². The lowest BCUT2D eigenvalue weighted by molar-refractivity contribution is 0.387. The maximum absolute atomic E-state index is 4.92. The lowest BCUT2D eigenvalue weighted by atomic mass is 10.7. The second-order valence-corrected chi connectivity index (χ2v) is 3.33. The molecule has 2 aromatic heterocycles. The molecule has 0 saturated carbocycles. The molecule has 0 amide bonds. The number of aromatic amines is 1. The van der Waals surface area contributed by atoms with Crippen LogP contribution in [0, 0.1) is 6.92 Å². The van der Waals surface area contributed by atoms with E-state index < -0.39 is 0 Å². The molecular formula is C6H7N5OS. The zero-order valence-corrected chi connectivity index (χ0v) is 7.71. The van der Waals surface area contributed by atoms with E-state index in [0.29, 0.717) is 17.5 Å². The average Bonchev–Trinajstić information content (AvgIpc) is 2.71. The minimum absolute atomic E-state index is 0.602. The Balaban J connectivity index is 1.93. The molecule has 0 unspecified atom stereocenters. The maximum Gasteiger partial charge on any atom is 0.237 e. The predicted molar refractivity (Wildman–Crippen MR) is 45.0 cm³/mol. The van der Waals surface area contributed by atoms with E-state index in [2.05, 4.69) is 25.6 Å². The summed E-state index contributed by atoms with van der Waals surface area (Å²) in [7, 11) is 0. The molecule has 2 heterocycles. The van der Waals surface area contributed by atoms with E-state index in [1.807, 2.05) is 0 Å². The first-order valence-corrected chi connectivity index (χ1v) is 4.61. The van der Waals surface area contributed by atoms with Gasteiger partial charge in [0.15, 0.2) is 5.82 Å². The minimum atomic E-state index is 0.602. The molecule has 0 saturated heterocycles. The van der Waals surface area contributed by atoms with Crippen molar-refractivity contribution in [1.29, 1.82) is 0 Å². The topological polar surface area (TPSA) is 80.5 Å². The summed E-state index contributed by atoms with van der Waals surface area (Å²) in [5, 5.41) is 14.6. The predicted octanol–water partition coefficient (Wildman–Crippen LogP) is 0.788. The highest BCUT2D eigenvalue weighted by Gasteiger charge is 2.04. The quantitative estimate of drug-likeness (QED) is 0.732. The number of hydrogen-bond donors (Lipinski definition) is 1. The fraction of sp³-hybridized carbons (Fsp3) is 0.333. The van der Waals surface area contributed by atoms with Gasteiger partial charge < -0.3 is 4.52 Å². The Kier molecular flexibility index (Phi) is 2.26. The number of aryl methyl sites for hydroxylation is 1. The Morgan fingerprint density at radius 2 is 2.54 bits per heavy atom. The van der Waals surface area contributed by atoms with Gasteiger partial charge in [0.05, 0.1) is 11.9 Å². The molecule has 0 radical (unpaired) electrons. The van der Waals surface area contributed by atoms with Crippen LogP contribution in [-0.4, -0.2) is 25.6 Å². The molecule has 0 fully saturated rings.